The van der Waals surface area contributed by atoms with Crippen LogP contribution in [0.5, 0.6) is 0 Å². The summed E-state index contributed by atoms with van der Waals surface area (Å²) >= 11 is 7.66. The van der Waals surface area contributed by atoms with Crippen LogP contribution in [0.4, 0.5) is 0 Å². The van der Waals surface area contributed by atoms with Gasteiger partial charge in [0.1, 0.15) is 6.54 Å². The van der Waals surface area contributed by atoms with Crippen LogP contribution in [0, 0.1) is 0 Å². The average Bonchev–Trinajstić information content (AvgIpc) is 2.96. The Bertz CT molecular complexity index is 1090. The van der Waals surface area contributed by atoms with E-state index in [1.165, 1.54) is 24.6 Å². The van der Waals surface area contributed by atoms with Gasteiger partial charge in [0.05, 0.1) is 5.75 Å². The number of hydrogen-bond acceptors (Lipinski definition) is 3. The third-order valence-electron chi connectivity index (χ3n) is 5.81. The maximum Gasteiger partial charge on any atom is 0.242 e. The lowest BCUT2D eigenvalue weighted by atomic mass is 10.2. The van der Waals surface area contributed by atoms with Crippen LogP contribution >= 0.6 is 23.4 Å². The number of para-hydroxylation sites is 1. The highest BCUT2D eigenvalue weighted by Crippen LogP contribution is 2.30. The van der Waals surface area contributed by atoms with Gasteiger partial charge in [0, 0.05) is 46.7 Å². The molecule has 3 aromatic rings. The van der Waals surface area contributed by atoms with Crippen molar-refractivity contribution in [2.45, 2.75) is 43.7 Å². The lowest BCUT2D eigenvalue weighted by molar-refractivity contribution is -0.131. The summed E-state index contributed by atoms with van der Waals surface area (Å²) in [5.74, 6) is 0.424. The van der Waals surface area contributed by atoms with Gasteiger partial charge in [0.25, 0.3) is 0 Å². The molecular formula is C25H28ClN3O2S. The Morgan fingerprint density at radius 2 is 1.69 bits per heavy atom. The number of likely N-dealkylation sites (tertiary alicyclic amines) is 1. The first-order chi connectivity index (χ1) is 15.6. The molecule has 0 aliphatic carbocycles. The molecule has 1 N–H and O–H groups in total. The summed E-state index contributed by atoms with van der Waals surface area (Å²) < 4.78 is 2.02. The summed E-state index contributed by atoms with van der Waals surface area (Å²) in [6.45, 7) is 2.45. The number of thioether (sulfide) groups is 1. The van der Waals surface area contributed by atoms with Crippen LogP contribution in [0.15, 0.2) is 59.6 Å². The van der Waals surface area contributed by atoms with Gasteiger partial charge in [-0.25, -0.2) is 0 Å². The minimum atomic E-state index is -0.0487. The van der Waals surface area contributed by atoms with Crippen molar-refractivity contribution in [1.82, 2.24) is 14.8 Å². The molecule has 0 atom stereocenters. The van der Waals surface area contributed by atoms with E-state index in [2.05, 4.69) is 5.32 Å². The zero-order chi connectivity index (χ0) is 22.3. The molecule has 1 aliphatic heterocycles. The van der Waals surface area contributed by atoms with E-state index in [-0.39, 0.29) is 11.8 Å². The zero-order valence-corrected chi connectivity index (χ0v) is 19.6. The molecule has 1 aromatic heterocycles. The summed E-state index contributed by atoms with van der Waals surface area (Å²) in [5.41, 5.74) is 1.92. The van der Waals surface area contributed by atoms with Crippen molar-refractivity contribution in [3.8, 4) is 0 Å². The molecular weight excluding hydrogens is 442 g/mol. The number of amides is 2. The van der Waals surface area contributed by atoms with Gasteiger partial charge >= 0.3 is 0 Å². The van der Waals surface area contributed by atoms with Gasteiger partial charge in [-0.1, -0.05) is 60.8 Å². The van der Waals surface area contributed by atoms with E-state index in [1.807, 2.05) is 64.2 Å². The Morgan fingerprint density at radius 1 is 0.969 bits per heavy atom. The summed E-state index contributed by atoms with van der Waals surface area (Å²) in [6.07, 6.45) is 6.59. The molecule has 0 bridgehead atoms. The molecule has 1 fully saturated rings. The van der Waals surface area contributed by atoms with E-state index in [0.29, 0.717) is 23.9 Å². The van der Waals surface area contributed by atoms with Crippen molar-refractivity contribution < 1.29 is 9.59 Å². The highest BCUT2D eigenvalue weighted by atomic mass is 35.5. The number of nitrogens with one attached hydrogen (secondary N) is 1. The number of carbonyl (C=O) groups is 2. The van der Waals surface area contributed by atoms with Crippen molar-refractivity contribution in [1.29, 1.82) is 0 Å². The molecule has 32 heavy (non-hydrogen) atoms. The van der Waals surface area contributed by atoms with Gasteiger partial charge in [-0.2, -0.15) is 0 Å². The van der Waals surface area contributed by atoms with Gasteiger partial charge in [-0.15, -0.1) is 11.8 Å². The number of fused-ring (bicyclic) bond motifs is 1. The smallest absolute Gasteiger partial charge is 0.242 e. The highest BCUT2D eigenvalue weighted by molar-refractivity contribution is 8.00. The molecule has 2 amide bonds. The highest BCUT2D eigenvalue weighted by Gasteiger charge is 2.18. The van der Waals surface area contributed by atoms with E-state index in [1.54, 1.807) is 0 Å². The Balaban J connectivity index is 1.40. The number of carbonyl (C=O) groups excluding carboxylic acids is 2. The fraction of sp³-hybridized carbons (Fsp3) is 0.360. The van der Waals surface area contributed by atoms with E-state index in [4.69, 9.17) is 11.6 Å². The first-order valence-corrected chi connectivity index (χ1v) is 12.5. The fourth-order valence-electron chi connectivity index (χ4n) is 4.05. The number of halogens is 1. The van der Waals surface area contributed by atoms with Gasteiger partial charge in [-0.3, -0.25) is 9.59 Å². The third-order valence-corrected chi connectivity index (χ3v) is 7.22. The summed E-state index contributed by atoms with van der Waals surface area (Å²) in [6, 6.07) is 15.6. The standard InChI is InChI=1S/C25H28ClN3O2S/c26-21-11-5-3-9-19(21)15-27-24(30)18-32-23-16-29(22-12-6-4-10-20(22)23)17-25(31)28-13-7-1-2-8-14-28/h3-6,9-12,16H,1-2,7-8,13-15,17-18H2,(H,27,30). The second kappa shape index (κ2) is 10.9. The van der Waals surface area contributed by atoms with Crippen LogP contribution in [-0.4, -0.2) is 40.1 Å². The fourth-order valence-corrected chi connectivity index (χ4v) is 5.18. The lowest BCUT2D eigenvalue weighted by Crippen LogP contribution is -2.34. The van der Waals surface area contributed by atoms with E-state index in [0.717, 1.165) is 47.3 Å². The second-order valence-corrected chi connectivity index (χ2v) is 9.51. The zero-order valence-electron chi connectivity index (χ0n) is 18.1. The van der Waals surface area contributed by atoms with Gasteiger partial charge in [-0.05, 0) is 30.5 Å². The molecule has 0 radical (unpaired) electrons. The molecule has 0 unspecified atom stereocenters. The molecule has 7 heteroatoms. The Labute approximate surface area is 198 Å². The largest absolute Gasteiger partial charge is 0.351 e. The minimum Gasteiger partial charge on any atom is -0.351 e. The lowest BCUT2D eigenvalue weighted by Gasteiger charge is -2.20. The van der Waals surface area contributed by atoms with Gasteiger partial charge in [0.2, 0.25) is 11.8 Å². The monoisotopic (exact) mass is 469 g/mol. The Morgan fingerprint density at radius 3 is 2.47 bits per heavy atom. The SMILES string of the molecule is O=C(CSc1cn(CC(=O)N2CCCCCC2)c2ccccc12)NCc1ccccc1Cl. The number of rotatable bonds is 7. The molecule has 0 spiro atoms. The van der Waals surface area contributed by atoms with Crippen molar-refractivity contribution in [3.63, 3.8) is 0 Å². The maximum absolute atomic E-state index is 12.9. The van der Waals surface area contributed by atoms with Crippen LogP contribution < -0.4 is 5.32 Å². The molecule has 4 rings (SSSR count). The summed E-state index contributed by atoms with van der Waals surface area (Å²) in [5, 5.41) is 4.65. The quantitative estimate of drug-likeness (QED) is 0.489. The first kappa shape index (κ1) is 22.7. The number of nitrogens with zero attached hydrogens (tertiary/aromatic N) is 2. The van der Waals surface area contributed by atoms with Crippen molar-refractivity contribution in [3.05, 3.63) is 65.3 Å². The van der Waals surface area contributed by atoms with Crippen molar-refractivity contribution >= 4 is 46.1 Å². The number of benzene rings is 2. The Kier molecular flexibility index (Phi) is 7.76. The predicted molar refractivity (Wildman–Crippen MR) is 131 cm³/mol. The van der Waals surface area contributed by atoms with Gasteiger partial charge < -0.3 is 14.8 Å². The van der Waals surface area contributed by atoms with Crippen molar-refractivity contribution in [2.75, 3.05) is 18.8 Å². The number of hydrogen-bond donors (Lipinski definition) is 1. The van der Waals surface area contributed by atoms with Crippen molar-refractivity contribution in [2.24, 2.45) is 0 Å². The molecule has 1 aliphatic rings. The minimum absolute atomic E-state index is 0.0487. The normalized spacial score (nSPS) is 14.3. The van der Waals surface area contributed by atoms with Crippen LogP contribution in [0.25, 0.3) is 10.9 Å². The third kappa shape index (κ3) is 5.67. The Hall–Kier alpha value is -2.44. The van der Waals surface area contributed by atoms with E-state index in [9.17, 15) is 9.59 Å². The van der Waals surface area contributed by atoms with Crippen LogP contribution in [-0.2, 0) is 22.7 Å². The van der Waals surface area contributed by atoms with E-state index < -0.39 is 0 Å². The van der Waals surface area contributed by atoms with Crippen LogP contribution in [0.1, 0.15) is 31.2 Å². The van der Waals surface area contributed by atoms with Crippen LogP contribution in [0.3, 0.4) is 0 Å². The predicted octanol–water partition coefficient (Wildman–Crippen LogP) is 5.11. The maximum atomic E-state index is 12.9. The molecule has 2 aromatic carbocycles. The van der Waals surface area contributed by atoms with Crippen LogP contribution in [0.2, 0.25) is 5.02 Å². The molecule has 0 saturated carbocycles. The topological polar surface area (TPSA) is 54.3 Å². The van der Waals surface area contributed by atoms with Gasteiger partial charge in [0.15, 0.2) is 0 Å². The number of aromatic nitrogens is 1. The molecule has 1 saturated heterocycles. The molecule has 2 heterocycles. The summed E-state index contributed by atoms with van der Waals surface area (Å²) in [4.78, 5) is 28.3. The molecule has 5 nitrogen and oxygen atoms in total. The second-order valence-electron chi connectivity index (χ2n) is 8.09. The summed E-state index contributed by atoms with van der Waals surface area (Å²) in [7, 11) is 0. The average molecular weight is 470 g/mol. The van der Waals surface area contributed by atoms with E-state index >= 15 is 0 Å². The molecule has 168 valence electrons. The first-order valence-electron chi connectivity index (χ1n) is 11.1.